The van der Waals surface area contributed by atoms with Crippen LogP contribution < -0.4 is 5.43 Å². The molecule has 6 nitrogen and oxygen atoms in total. The van der Waals surface area contributed by atoms with Gasteiger partial charge in [-0.3, -0.25) is 15.5 Å². The summed E-state index contributed by atoms with van der Waals surface area (Å²) in [5.74, 6) is -0.0625. The Balaban J connectivity index is 2.09. The Kier molecular flexibility index (Phi) is 4.50. The average Bonchev–Trinajstić information content (AvgIpc) is 2.49. The molecule has 0 bridgehead atoms. The quantitative estimate of drug-likeness (QED) is 0.501. The summed E-state index contributed by atoms with van der Waals surface area (Å²) in [6, 6.07) is 11.5. The molecule has 0 unspecified atom stereocenters. The zero-order valence-corrected chi connectivity index (χ0v) is 11.5. The van der Waals surface area contributed by atoms with Gasteiger partial charge in [0, 0.05) is 17.7 Å². The van der Waals surface area contributed by atoms with Crippen molar-refractivity contribution in [3.05, 3.63) is 63.7 Å². The van der Waals surface area contributed by atoms with Gasteiger partial charge in [-0.25, -0.2) is 0 Å². The van der Waals surface area contributed by atoms with E-state index in [1.165, 1.54) is 30.0 Å². The van der Waals surface area contributed by atoms with Crippen LogP contribution in [0.15, 0.2) is 47.6 Å². The third-order valence-corrected chi connectivity index (χ3v) is 2.98. The molecular formula is C15H15N3O3. The zero-order valence-electron chi connectivity index (χ0n) is 11.5. The molecule has 0 atom stereocenters. The van der Waals surface area contributed by atoms with Crippen molar-refractivity contribution in [3.63, 3.8) is 0 Å². The van der Waals surface area contributed by atoms with Gasteiger partial charge in [0.25, 0.3) is 5.69 Å². The lowest BCUT2D eigenvalue weighted by molar-refractivity contribution is -0.384. The van der Waals surface area contributed by atoms with E-state index in [-0.39, 0.29) is 17.0 Å². The summed E-state index contributed by atoms with van der Waals surface area (Å²) < 4.78 is 0. The molecule has 0 saturated carbocycles. The molecule has 0 fully saturated rings. The summed E-state index contributed by atoms with van der Waals surface area (Å²) in [6.07, 6.45) is 2.31. The molecule has 0 amide bonds. The van der Waals surface area contributed by atoms with Gasteiger partial charge in [-0.2, -0.15) is 5.10 Å². The Morgan fingerprint density at radius 3 is 2.62 bits per heavy atom. The SMILES string of the molecule is CCc1ccc(NN=Cc2cc([N+](=O)[O-])ccc2O)cc1. The number of hydrogen-bond acceptors (Lipinski definition) is 5. The van der Waals surface area contributed by atoms with E-state index in [0.29, 0.717) is 0 Å². The van der Waals surface area contributed by atoms with Gasteiger partial charge >= 0.3 is 0 Å². The maximum Gasteiger partial charge on any atom is 0.270 e. The van der Waals surface area contributed by atoms with Gasteiger partial charge in [0.05, 0.1) is 16.8 Å². The molecule has 0 aliphatic heterocycles. The van der Waals surface area contributed by atoms with Crippen molar-refractivity contribution in [2.75, 3.05) is 5.43 Å². The molecule has 0 aliphatic carbocycles. The van der Waals surface area contributed by atoms with Crippen molar-refractivity contribution in [1.82, 2.24) is 0 Å². The van der Waals surface area contributed by atoms with Crippen LogP contribution in [0.1, 0.15) is 18.1 Å². The number of hydrazone groups is 1. The predicted octanol–water partition coefficient (Wildman–Crippen LogP) is 3.31. The minimum Gasteiger partial charge on any atom is -0.507 e. The Hall–Kier alpha value is -2.89. The number of nitrogens with one attached hydrogen (secondary N) is 1. The summed E-state index contributed by atoms with van der Waals surface area (Å²) in [4.78, 5) is 10.2. The highest BCUT2D eigenvalue weighted by Crippen LogP contribution is 2.21. The van der Waals surface area contributed by atoms with E-state index >= 15 is 0 Å². The smallest absolute Gasteiger partial charge is 0.270 e. The third-order valence-electron chi connectivity index (χ3n) is 2.98. The second-order valence-corrected chi connectivity index (χ2v) is 4.42. The van der Waals surface area contributed by atoms with E-state index in [2.05, 4.69) is 17.5 Å². The molecule has 0 aromatic heterocycles. The molecule has 2 rings (SSSR count). The van der Waals surface area contributed by atoms with Crippen molar-refractivity contribution in [2.24, 2.45) is 5.10 Å². The number of nitro groups is 1. The van der Waals surface area contributed by atoms with Gasteiger partial charge in [0.2, 0.25) is 0 Å². The van der Waals surface area contributed by atoms with E-state index in [1.807, 2.05) is 24.3 Å². The first-order valence-electron chi connectivity index (χ1n) is 6.45. The Morgan fingerprint density at radius 1 is 1.29 bits per heavy atom. The monoisotopic (exact) mass is 285 g/mol. The number of anilines is 1. The van der Waals surface area contributed by atoms with E-state index in [4.69, 9.17) is 0 Å². The molecule has 2 aromatic carbocycles. The largest absolute Gasteiger partial charge is 0.507 e. The zero-order chi connectivity index (χ0) is 15.2. The number of phenolic OH excluding ortho intramolecular Hbond substituents is 1. The predicted molar refractivity (Wildman–Crippen MR) is 81.8 cm³/mol. The van der Waals surface area contributed by atoms with Gasteiger partial charge in [-0.1, -0.05) is 19.1 Å². The molecule has 2 N–H and O–H groups in total. The minimum atomic E-state index is -0.520. The van der Waals surface area contributed by atoms with Crippen LogP contribution in [0.2, 0.25) is 0 Å². The van der Waals surface area contributed by atoms with Crippen LogP contribution in [-0.4, -0.2) is 16.2 Å². The van der Waals surface area contributed by atoms with Crippen LogP contribution in [-0.2, 0) is 6.42 Å². The molecule has 6 heteroatoms. The number of aromatic hydroxyl groups is 1. The highest BCUT2D eigenvalue weighted by Gasteiger charge is 2.08. The normalized spacial score (nSPS) is 10.7. The lowest BCUT2D eigenvalue weighted by atomic mass is 10.2. The maximum absolute atomic E-state index is 10.7. The molecule has 2 aromatic rings. The van der Waals surface area contributed by atoms with E-state index in [0.717, 1.165) is 12.1 Å². The molecule has 108 valence electrons. The van der Waals surface area contributed by atoms with E-state index in [9.17, 15) is 15.2 Å². The highest BCUT2D eigenvalue weighted by molar-refractivity contribution is 5.84. The summed E-state index contributed by atoms with van der Waals surface area (Å²) in [7, 11) is 0. The fourth-order valence-electron chi connectivity index (χ4n) is 1.75. The summed E-state index contributed by atoms with van der Waals surface area (Å²) in [5, 5.41) is 24.3. The Morgan fingerprint density at radius 2 is 2.00 bits per heavy atom. The van der Waals surface area contributed by atoms with Crippen molar-refractivity contribution in [1.29, 1.82) is 0 Å². The standard InChI is InChI=1S/C15H15N3O3/c1-2-11-3-5-13(6-4-11)17-16-10-12-9-14(18(20)21)7-8-15(12)19/h3-10,17,19H,2H2,1H3. The maximum atomic E-state index is 10.7. The fraction of sp³-hybridized carbons (Fsp3) is 0.133. The third kappa shape index (κ3) is 3.79. The Labute approximate surface area is 121 Å². The number of nitro benzene ring substituents is 1. The van der Waals surface area contributed by atoms with Crippen molar-refractivity contribution in [3.8, 4) is 5.75 Å². The van der Waals surface area contributed by atoms with Crippen LogP contribution in [0.4, 0.5) is 11.4 Å². The molecule has 0 heterocycles. The number of hydrogen-bond donors (Lipinski definition) is 2. The van der Waals surface area contributed by atoms with E-state index < -0.39 is 4.92 Å². The molecular weight excluding hydrogens is 270 g/mol. The molecule has 21 heavy (non-hydrogen) atoms. The van der Waals surface area contributed by atoms with Crippen LogP contribution in [0.3, 0.4) is 0 Å². The topological polar surface area (TPSA) is 87.8 Å². The first-order valence-corrected chi connectivity index (χ1v) is 6.45. The molecule has 0 radical (unpaired) electrons. The van der Waals surface area contributed by atoms with Crippen LogP contribution >= 0.6 is 0 Å². The summed E-state index contributed by atoms with van der Waals surface area (Å²) >= 11 is 0. The first kappa shape index (κ1) is 14.5. The van der Waals surface area contributed by atoms with Gasteiger partial charge in [-0.05, 0) is 30.2 Å². The number of phenols is 1. The number of rotatable bonds is 5. The van der Waals surface area contributed by atoms with Crippen molar-refractivity contribution < 1.29 is 10.0 Å². The summed E-state index contributed by atoms with van der Waals surface area (Å²) in [5.41, 5.74) is 5.01. The van der Waals surface area contributed by atoms with Gasteiger partial charge in [-0.15, -0.1) is 0 Å². The van der Waals surface area contributed by atoms with Crippen LogP contribution in [0.5, 0.6) is 5.75 Å². The van der Waals surface area contributed by atoms with Crippen molar-refractivity contribution >= 4 is 17.6 Å². The molecule has 0 spiro atoms. The lowest BCUT2D eigenvalue weighted by Crippen LogP contribution is -1.93. The number of aryl methyl sites for hydroxylation is 1. The lowest BCUT2D eigenvalue weighted by Gasteiger charge is -2.02. The van der Waals surface area contributed by atoms with Crippen molar-refractivity contribution in [2.45, 2.75) is 13.3 Å². The van der Waals surface area contributed by atoms with Gasteiger partial charge < -0.3 is 5.11 Å². The van der Waals surface area contributed by atoms with Gasteiger partial charge in [0.15, 0.2) is 0 Å². The second-order valence-electron chi connectivity index (χ2n) is 4.42. The van der Waals surface area contributed by atoms with Crippen LogP contribution in [0.25, 0.3) is 0 Å². The second kappa shape index (κ2) is 6.51. The van der Waals surface area contributed by atoms with Crippen LogP contribution in [0, 0.1) is 10.1 Å². The average molecular weight is 285 g/mol. The molecule has 0 saturated heterocycles. The number of nitrogens with zero attached hydrogens (tertiary/aromatic N) is 2. The van der Waals surface area contributed by atoms with E-state index in [1.54, 1.807) is 0 Å². The Bertz CT molecular complexity index is 666. The van der Waals surface area contributed by atoms with Gasteiger partial charge in [0.1, 0.15) is 5.75 Å². The molecule has 0 aliphatic rings. The fourth-order valence-corrected chi connectivity index (χ4v) is 1.75. The number of benzene rings is 2. The first-order chi connectivity index (χ1) is 10.1. The summed E-state index contributed by atoms with van der Waals surface area (Å²) in [6.45, 7) is 2.08. The number of non-ortho nitro benzene ring substituents is 1. The minimum absolute atomic E-state index is 0.0625. The highest BCUT2D eigenvalue weighted by atomic mass is 16.6.